The average Bonchev–Trinajstić information content (AvgIpc) is 2.52. The van der Waals surface area contributed by atoms with E-state index in [4.69, 9.17) is 9.47 Å². The topological polar surface area (TPSA) is 18.5 Å². The van der Waals surface area contributed by atoms with Crippen LogP contribution in [-0.4, -0.2) is 14.2 Å². The number of allylic oxidation sites excluding steroid dienone is 1. The van der Waals surface area contributed by atoms with Crippen molar-refractivity contribution in [1.29, 1.82) is 0 Å². The maximum Gasteiger partial charge on any atom is 0.215 e. The zero-order valence-electron chi connectivity index (χ0n) is 9.63. The van der Waals surface area contributed by atoms with E-state index < -0.39 is 5.79 Å². The monoisotopic (exact) mass is 204 g/mol. The molecule has 0 N–H and O–H groups in total. The standard InChI is InChI=1S/C13H16O2/c1-9-5-6-11-10(2)8-13(14-3,15-4)12(11)7-9/h5-8H,1-4H3. The first-order chi connectivity index (χ1) is 7.13. The van der Waals surface area contributed by atoms with Crippen LogP contribution in [0.1, 0.15) is 23.6 Å². The van der Waals surface area contributed by atoms with E-state index in [1.165, 1.54) is 16.7 Å². The van der Waals surface area contributed by atoms with Gasteiger partial charge >= 0.3 is 0 Å². The molecule has 1 aliphatic rings. The zero-order valence-corrected chi connectivity index (χ0v) is 9.63. The normalized spacial score (nSPS) is 17.5. The highest BCUT2D eigenvalue weighted by molar-refractivity contribution is 5.74. The van der Waals surface area contributed by atoms with Crippen LogP contribution < -0.4 is 0 Å². The number of ether oxygens (including phenoxy) is 2. The van der Waals surface area contributed by atoms with Gasteiger partial charge in [0, 0.05) is 19.8 Å². The third-order valence-corrected chi connectivity index (χ3v) is 2.99. The molecule has 0 heterocycles. The summed E-state index contributed by atoms with van der Waals surface area (Å²) >= 11 is 0. The fourth-order valence-corrected chi connectivity index (χ4v) is 2.15. The second kappa shape index (κ2) is 3.47. The smallest absolute Gasteiger partial charge is 0.215 e. The summed E-state index contributed by atoms with van der Waals surface area (Å²) < 4.78 is 11.0. The fourth-order valence-electron chi connectivity index (χ4n) is 2.15. The van der Waals surface area contributed by atoms with Gasteiger partial charge in [0.15, 0.2) is 0 Å². The van der Waals surface area contributed by atoms with Crippen molar-refractivity contribution in [1.82, 2.24) is 0 Å². The molecule has 80 valence electrons. The van der Waals surface area contributed by atoms with Crippen molar-refractivity contribution in [3.63, 3.8) is 0 Å². The molecule has 0 spiro atoms. The maximum atomic E-state index is 5.50. The van der Waals surface area contributed by atoms with Crippen LogP contribution in [-0.2, 0) is 15.3 Å². The first kappa shape index (κ1) is 10.4. The molecule has 0 saturated carbocycles. The molecule has 0 amide bonds. The number of hydrogen-bond acceptors (Lipinski definition) is 2. The van der Waals surface area contributed by atoms with Crippen molar-refractivity contribution >= 4 is 5.57 Å². The Morgan fingerprint density at radius 3 is 2.33 bits per heavy atom. The zero-order chi connectivity index (χ0) is 11.1. The first-order valence-corrected chi connectivity index (χ1v) is 5.04. The van der Waals surface area contributed by atoms with E-state index in [2.05, 4.69) is 32.0 Å². The Morgan fingerprint density at radius 2 is 1.73 bits per heavy atom. The molecule has 1 aliphatic carbocycles. The maximum absolute atomic E-state index is 5.50. The number of benzene rings is 1. The van der Waals surface area contributed by atoms with Gasteiger partial charge in [-0.05, 0) is 37.1 Å². The van der Waals surface area contributed by atoms with Gasteiger partial charge in [0.25, 0.3) is 0 Å². The van der Waals surface area contributed by atoms with E-state index in [1.54, 1.807) is 14.2 Å². The molecular weight excluding hydrogens is 188 g/mol. The lowest BCUT2D eigenvalue weighted by molar-refractivity contribution is -0.175. The van der Waals surface area contributed by atoms with Gasteiger partial charge in [-0.15, -0.1) is 0 Å². The van der Waals surface area contributed by atoms with Crippen molar-refractivity contribution in [2.24, 2.45) is 0 Å². The summed E-state index contributed by atoms with van der Waals surface area (Å²) in [5.41, 5.74) is 4.73. The van der Waals surface area contributed by atoms with E-state index in [1.807, 2.05) is 6.08 Å². The Labute approximate surface area is 90.5 Å². The molecule has 1 aromatic rings. The molecule has 0 bridgehead atoms. The highest BCUT2D eigenvalue weighted by Crippen LogP contribution is 2.41. The summed E-state index contributed by atoms with van der Waals surface area (Å²) in [6, 6.07) is 6.35. The quantitative estimate of drug-likeness (QED) is 0.690. The molecular formula is C13H16O2. The van der Waals surface area contributed by atoms with Crippen LogP contribution in [0.4, 0.5) is 0 Å². The molecule has 0 saturated heterocycles. The van der Waals surface area contributed by atoms with Crippen molar-refractivity contribution < 1.29 is 9.47 Å². The minimum atomic E-state index is -0.689. The minimum absolute atomic E-state index is 0.689. The molecule has 15 heavy (non-hydrogen) atoms. The highest BCUT2D eigenvalue weighted by Gasteiger charge is 2.37. The molecule has 0 unspecified atom stereocenters. The van der Waals surface area contributed by atoms with Crippen LogP contribution in [0.25, 0.3) is 5.57 Å². The molecule has 0 atom stereocenters. The van der Waals surface area contributed by atoms with E-state index in [0.717, 1.165) is 5.56 Å². The minimum Gasteiger partial charge on any atom is -0.346 e. The summed E-state index contributed by atoms with van der Waals surface area (Å²) in [6.07, 6.45) is 2.02. The predicted octanol–water partition coefficient (Wildman–Crippen LogP) is 2.86. The molecule has 2 nitrogen and oxygen atoms in total. The Balaban J connectivity index is 2.63. The predicted molar refractivity (Wildman–Crippen MR) is 60.5 cm³/mol. The number of methoxy groups -OCH3 is 2. The van der Waals surface area contributed by atoms with E-state index in [0.29, 0.717) is 0 Å². The lowest BCUT2D eigenvalue weighted by Crippen LogP contribution is -2.26. The Kier molecular flexibility index (Phi) is 2.41. The van der Waals surface area contributed by atoms with Crippen LogP contribution in [0.2, 0.25) is 0 Å². The summed E-state index contributed by atoms with van der Waals surface area (Å²) in [7, 11) is 3.34. The van der Waals surface area contributed by atoms with Crippen LogP contribution in [0.5, 0.6) is 0 Å². The van der Waals surface area contributed by atoms with Crippen molar-refractivity contribution in [3.05, 3.63) is 41.0 Å². The molecule has 1 aromatic carbocycles. The molecule has 2 rings (SSSR count). The van der Waals surface area contributed by atoms with E-state index >= 15 is 0 Å². The van der Waals surface area contributed by atoms with Gasteiger partial charge in [0.2, 0.25) is 5.79 Å². The molecule has 0 fully saturated rings. The third-order valence-electron chi connectivity index (χ3n) is 2.99. The first-order valence-electron chi connectivity index (χ1n) is 5.04. The van der Waals surface area contributed by atoms with Crippen molar-refractivity contribution in [2.75, 3.05) is 14.2 Å². The average molecular weight is 204 g/mol. The van der Waals surface area contributed by atoms with Crippen molar-refractivity contribution in [2.45, 2.75) is 19.6 Å². The lowest BCUT2D eigenvalue weighted by Gasteiger charge is -2.25. The van der Waals surface area contributed by atoms with Crippen LogP contribution >= 0.6 is 0 Å². The van der Waals surface area contributed by atoms with E-state index in [-0.39, 0.29) is 0 Å². The molecule has 0 aromatic heterocycles. The van der Waals surface area contributed by atoms with E-state index in [9.17, 15) is 0 Å². The van der Waals surface area contributed by atoms with Gasteiger partial charge < -0.3 is 9.47 Å². The molecule has 2 heteroatoms. The Bertz CT molecular complexity index is 415. The SMILES string of the molecule is COC1(OC)C=C(C)c2ccc(C)cc21. The Morgan fingerprint density at radius 1 is 1.07 bits per heavy atom. The fraction of sp³-hybridized carbons (Fsp3) is 0.385. The summed E-state index contributed by atoms with van der Waals surface area (Å²) in [5, 5.41) is 0. The van der Waals surface area contributed by atoms with Gasteiger partial charge in [0.05, 0.1) is 0 Å². The van der Waals surface area contributed by atoms with Gasteiger partial charge in [0.1, 0.15) is 0 Å². The van der Waals surface area contributed by atoms with Gasteiger partial charge in [-0.1, -0.05) is 17.7 Å². The second-order valence-corrected chi connectivity index (χ2v) is 3.95. The largest absolute Gasteiger partial charge is 0.346 e. The van der Waals surface area contributed by atoms with Crippen LogP contribution in [0.3, 0.4) is 0 Å². The lowest BCUT2D eigenvalue weighted by atomic mass is 10.0. The number of hydrogen-bond donors (Lipinski definition) is 0. The summed E-state index contributed by atoms with van der Waals surface area (Å²) in [5.74, 6) is -0.689. The van der Waals surface area contributed by atoms with Gasteiger partial charge in [-0.25, -0.2) is 0 Å². The van der Waals surface area contributed by atoms with Crippen LogP contribution in [0, 0.1) is 6.92 Å². The van der Waals surface area contributed by atoms with Crippen LogP contribution in [0.15, 0.2) is 24.3 Å². The highest BCUT2D eigenvalue weighted by atomic mass is 16.7. The number of rotatable bonds is 2. The van der Waals surface area contributed by atoms with Gasteiger partial charge in [-0.2, -0.15) is 0 Å². The molecule has 0 aliphatic heterocycles. The third kappa shape index (κ3) is 1.41. The van der Waals surface area contributed by atoms with Crippen molar-refractivity contribution in [3.8, 4) is 0 Å². The Hall–Kier alpha value is -1.12. The number of fused-ring (bicyclic) bond motifs is 1. The summed E-state index contributed by atoms with van der Waals surface area (Å²) in [6.45, 7) is 4.15. The second-order valence-electron chi connectivity index (χ2n) is 3.95. The molecule has 0 radical (unpaired) electrons. The number of aryl methyl sites for hydroxylation is 1. The summed E-state index contributed by atoms with van der Waals surface area (Å²) in [4.78, 5) is 0. The van der Waals surface area contributed by atoms with Gasteiger partial charge in [-0.3, -0.25) is 0 Å².